The number of H-pyrrole nitrogens is 1. The summed E-state index contributed by atoms with van der Waals surface area (Å²) in [5.74, 6) is -0.518. The molecule has 0 radical (unpaired) electrons. The Balaban J connectivity index is 2.66. The summed E-state index contributed by atoms with van der Waals surface area (Å²) in [6.45, 7) is 0. The maximum Gasteiger partial charge on any atom is 0.241 e. The van der Waals surface area contributed by atoms with Crippen LogP contribution in [-0.2, 0) is 10.0 Å². The summed E-state index contributed by atoms with van der Waals surface area (Å²) in [6.07, 6.45) is 1.07. The van der Waals surface area contributed by atoms with Gasteiger partial charge in [-0.2, -0.15) is 5.10 Å². The van der Waals surface area contributed by atoms with Crippen LogP contribution < -0.4 is 5.14 Å². The number of nitrogens with zero attached hydrogens (tertiary/aromatic N) is 1. The average Bonchev–Trinajstić information content (AvgIpc) is 2.65. The van der Waals surface area contributed by atoms with Gasteiger partial charge in [0.25, 0.3) is 0 Å². The molecule has 0 unspecified atom stereocenters. The number of halogens is 2. The van der Waals surface area contributed by atoms with Gasteiger partial charge in [0, 0.05) is 5.56 Å². The zero-order valence-corrected chi connectivity index (χ0v) is 9.89. The average molecular weight is 276 g/mol. The lowest BCUT2D eigenvalue weighted by atomic mass is 10.1. The number of aromatic nitrogens is 2. The van der Waals surface area contributed by atoms with Gasteiger partial charge in [-0.25, -0.2) is 17.9 Å². The van der Waals surface area contributed by atoms with Crippen LogP contribution in [0.25, 0.3) is 11.3 Å². The van der Waals surface area contributed by atoms with Crippen LogP contribution >= 0.6 is 11.6 Å². The van der Waals surface area contributed by atoms with E-state index in [1.165, 1.54) is 6.07 Å². The molecule has 0 saturated heterocycles. The third kappa shape index (κ3) is 2.31. The van der Waals surface area contributed by atoms with Crippen molar-refractivity contribution in [1.82, 2.24) is 10.2 Å². The molecule has 17 heavy (non-hydrogen) atoms. The van der Waals surface area contributed by atoms with Crippen molar-refractivity contribution in [3.63, 3.8) is 0 Å². The SMILES string of the molecule is NS(=O)(=O)c1cn[nH]c1-c1ccc(F)cc1Cl. The first kappa shape index (κ1) is 12.0. The number of nitrogens with two attached hydrogens (primary N) is 1. The topological polar surface area (TPSA) is 88.8 Å². The van der Waals surface area contributed by atoms with Crippen LogP contribution in [0.2, 0.25) is 5.02 Å². The lowest BCUT2D eigenvalue weighted by molar-refractivity contribution is 0.598. The second-order valence-electron chi connectivity index (χ2n) is 3.28. The monoisotopic (exact) mass is 275 g/mol. The van der Waals surface area contributed by atoms with Gasteiger partial charge in [0.05, 0.1) is 16.9 Å². The number of sulfonamides is 1. The molecule has 0 aliphatic carbocycles. The third-order valence-corrected chi connectivity index (χ3v) is 3.35. The summed E-state index contributed by atoms with van der Waals surface area (Å²) < 4.78 is 35.4. The predicted molar refractivity (Wildman–Crippen MR) is 60.4 cm³/mol. The number of benzene rings is 1. The number of hydrogen-bond acceptors (Lipinski definition) is 3. The van der Waals surface area contributed by atoms with Gasteiger partial charge in [0.1, 0.15) is 10.7 Å². The van der Waals surface area contributed by atoms with Crippen molar-refractivity contribution in [2.45, 2.75) is 4.90 Å². The van der Waals surface area contributed by atoms with Crippen LogP contribution in [0.5, 0.6) is 0 Å². The number of nitrogens with one attached hydrogen (secondary N) is 1. The smallest absolute Gasteiger partial charge is 0.241 e. The first-order valence-corrected chi connectivity index (χ1v) is 6.33. The summed E-state index contributed by atoms with van der Waals surface area (Å²) in [6, 6.07) is 3.58. The van der Waals surface area contributed by atoms with Gasteiger partial charge in [0.2, 0.25) is 10.0 Å². The lowest BCUT2D eigenvalue weighted by Gasteiger charge is -2.03. The van der Waals surface area contributed by atoms with Crippen LogP contribution in [0.3, 0.4) is 0 Å². The molecule has 0 bridgehead atoms. The van der Waals surface area contributed by atoms with E-state index in [-0.39, 0.29) is 15.6 Å². The molecule has 0 fully saturated rings. The molecule has 90 valence electrons. The quantitative estimate of drug-likeness (QED) is 0.871. The molecule has 1 aromatic heterocycles. The molecular formula is C9H7ClFN3O2S. The fourth-order valence-corrected chi connectivity index (χ4v) is 2.28. The molecule has 5 nitrogen and oxygen atoms in total. The highest BCUT2D eigenvalue weighted by molar-refractivity contribution is 7.89. The van der Waals surface area contributed by atoms with E-state index in [2.05, 4.69) is 10.2 Å². The fraction of sp³-hybridized carbons (Fsp3) is 0. The molecule has 3 N–H and O–H groups in total. The Morgan fingerprint density at radius 3 is 2.71 bits per heavy atom. The molecule has 2 aromatic rings. The summed E-state index contributed by atoms with van der Waals surface area (Å²) >= 11 is 5.82. The highest BCUT2D eigenvalue weighted by Gasteiger charge is 2.19. The summed E-state index contributed by atoms with van der Waals surface area (Å²) in [7, 11) is -3.91. The van der Waals surface area contributed by atoms with Crippen molar-refractivity contribution in [1.29, 1.82) is 0 Å². The first-order chi connectivity index (χ1) is 7.89. The molecule has 1 aromatic carbocycles. The standard InChI is InChI=1S/C9H7ClFN3O2S/c10-7-3-5(11)1-2-6(7)9-8(4-13-14-9)17(12,15)16/h1-4H,(H,13,14)(H2,12,15,16). The fourth-order valence-electron chi connectivity index (χ4n) is 1.38. The molecule has 0 saturated carbocycles. The Bertz CT molecular complexity index is 669. The van der Waals surface area contributed by atoms with Gasteiger partial charge in [-0.1, -0.05) is 11.6 Å². The highest BCUT2D eigenvalue weighted by atomic mass is 35.5. The normalized spacial score (nSPS) is 11.7. The highest BCUT2D eigenvalue weighted by Crippen LogP contribution is 2.30. The van der Waals surface area contributed by atoms with Crippen LogP contribution in [0, 0.1) is 5.82 Å². The zero-order chi connectivity index (χ0) is 12.6. The van der Waals surface area contributed by atoms with Crippen molar-refractivity contribution < 1.29 is 12.8 Å². The summed E-state index contributed by atoms with van der Waals surface area (Å²) in [5, 5.41) is 11.1. The van der Waals surface area contributed by atoms with Gasteiger partial charge in [-0.3, -0.25) is 5.10 Å². The Kier molecular flexibility index (Phi) is 2.90. The van der Waals surface area contributed by atoms with E-state index < -0.39 is 15.8 Å². The molecule has 0 atom stereocenters. The molecule has 0 aliphatic rings. The minimum Gasteiger partial charge on any atom is -0.276 e. The summed E-state index contributed by atoms with van der Waals surface area (Å²) in [4.78, 5) is -0.189. The number of rotatable bonds is 2. The number of aromatic amines is 1. The van der Waals surface area contributed by atoms with E-state index in [4.69, 9.17) is 16.7 Å². The van der Waals surface area contributed by atoms with E-state index in [9.17, 15) is 12.8 Å². The van der Waals surface area contributed by atoms with E-state index in [1.54, 1.807) is 0 Å². The van der Waals surface area contributed by atoms with E-state index in [1.807, 2.05) is 0 Å². The van der Waals surface area contributed by atoms with Crippen LogP contribution in [-0.4, -0.2) is 18.6 Å². The van der Waals surface area contributed by atoms with Gasteiger partial charge in [-0.05, 0) is 18.2 Å². The Hall–Kier alpha value is -1.44. The molecule has 0 aliphatic heterocycles. The molecular weight excluding hydrogens is 269 g/mol. The van der Waals surface area contributed by atoms with Crippen LogP contribution in [0.1, 0.15) is 0 Å². The Morgan fingerprint density at radius 1 is 1.41 bits per heavy atom. The second-order valence-corrected chi connectivity index (χ2v) is 5.22. The first-order valence-electron chi connectivity index (χ1n) is 4.41. The van der Waals surface area contributed by atoms with Crippen LogP contribution in [0.15, 0.2) is 29.3 Å². The minimum atomic E-state index is -3.91. The molecule has 2 rings (SSSR count). The Morgan fingerprint density at radius 2 is 2.12 bits per heavy atom. The molecule has 8 heteroatoms. The van der Waals surface area contributed by atoms with E-state index >= 15 is 0 Å². The molecule has 0 spiro atoms. The van der Waals surface area contributed by atoms with Crippen molar-refractivity contribution in [2.75, 3.05) is 0 Å². The van der Waals surface area contributed by atoms with Gasteiger partial charge < -0.3 is 0 Å². The van der Waals surface area contributed by atoms with Gasteiger partial charge >= 0.3 is 0 Å². The minimum absolute atomic E-state index is 0.0687. The number of hydrogen-bond donors (Lipinski definition) is 2. The van der Waals surface area contributed by atoms with E-state index in [0.29, 0.717) is 5.56 Å². The van der Waals surface area contributed by atoms with Crippen molar-refractivity contribution in [3.8, 4) is 11.3 Å². The van der Waals surface area contributed by atoms with Crippen molar-refractivity contribution in [3.05, 3.63) is 35.2 Å². The maximum absolute atomic E-state index is 12.9. The molecule has 1 heterocycles. The van der Waals surface area contributed by atoms with Gasteiger partial charge in [0.15, 0.2) is 0 Å². The van der Waals surface area contributed by atoms with Gasteiger partial charge in [-0.15, -0.1) is 0 Å². The van der Waals surface area contributed by atoms with Crippen LogP contribution in [0.4, 0.5) is 4.39 Å². The summed E-state index contributed by atoms with van der Waals surface area (Å²) in [5.41, 5.74) is 0.451. The zero-order valence-electron chi connectivity index (χ0n) is 8.31. The van der Waals surface area contributed by atoms with Crippen molar-refractivity contribution in [2.24, 2.45) is 5.14 Å². The largest absolute Gasteiger partial charge is 0.276 e. The molecule has 0 amide bonds. The number of primary sulfonamides is 1. The maximum atomic E-state index is 12.9. The predicted octanol–water partition coefficient (Wildman–Crippen LogP) is 1.52. The second kappa shape index (κ2) is 4.10. The van der Waals surface area contributed by atoms with E-state index in [0.717, 1.165) is 18.3 Å². The Labute approximate surface area is 101 Å². The van der Waals surface area contributed by atoms with Crippen molar-refractivity contribution >= 4 is 21.6 Å². The third-order valence-electron chi connectivity index (χ3n) is 2.11. The lowest BCUT2D eigenvalue weighted by Crippen LogP contribution is -2.12.